The molecule has 9 heteroatoms. The van der Waals surface area contributed by atoms with E-state index in [2.05, 4.69) is 5.32 Å². The van der Waals surface area contributed by atoms with Crippen LogP contribution in [-0.2, 0) is 9.53 Å². The van der Waals surface area contributed by atoms with Gasteiger partial charge in [-0.15, -0.1) is 0 Å². The summed E-state index contributed by atoms with van der Waals surface area (Å²) in [5.41, 5.74) is 0.214. The van der Waals surface area contributed by atoms with Crippen LogP contribution in [0.15, 0.2) is 30.3 Å². The van der Waals surface area contributed by atoms with Gasteiger partial charge in [-0.25, -0.2) is 14.0 Å². The average molecular weight is 389 g/mol. The van der Waals surface area contributed by atoms with Crippen molar-refractivity contribution in [3.05, 3.63) is 52.8 Å². The van der Waals surface area contributed by atoms with Crippen LogP contribution in [0, 0.1) is 5.82 Å². The van der Waals surface area contributed by atoms with E-state index >= 15 is 0 Å². The number of esters is 1. The molecule has 0 fully saturated rings. The zero-order valence-electron chi connectivity index (χ0n) is 14.9. The van der Waals surface area contributed by atoms with E-state index in [1.807, 2.05) is 0 Å². The number of fused-ring (bicyclic) bond motifs is 1. The highest BCUT2D eigenvalue weighted by molar-refractivity contribution is 5.99. The van der Waals surface area contributed by atoms with Crippen molar-refractivity contribution in [3.8, 4) is 11.5 Å². The van der Waals surface area contributed by atoms with Gasteiger partial charge < -0.3 is 24.6 Å². The van der Waals surface area contributed by atoms with E-state index < -0.39 is 35.3 Å². The lowest BCUT2D eigenvalue weighted by Gasteiger charge is -2.13. The monoisotopic (exact) mass is 389 g/mol. The number of rotatable bonds is 6. The molecular formula is C19H16FNO7. The molecule has 0 radical (unpaired) electrons. The molecule has 2 aromatic rings. The van der Waals surface area contributed by atoms with Crippen LogP contribution in [0.1, 0.15) is 38.8 Å². The van der Waals surface area contributed by atoms with Crippen molar-refractivity contribution in [1.29, 1.82) is 0 Å². The minimum absolute atomic E-state index is 0.112. The Morgan fingerprint density at radius 3 is 2.61 bits per heavy atom. The van der Waals surface area contributed by atoms with Crippen LogP contribution >= 0.6 is 0 Å². The number of cyclic esters (lactones) is 1. The number of hydrogen-bond acceptors (Lipinski definition) is 6. The third-order valence-corrected chi connectivity index (χ3v) is 4.23. The molecule has 1 aliphatic heterocycles. The number of anilines is 1. The predicted molar refractivity (Wildman–Crippen MR) is 94.3 cm³/mol. The molecule has 2 aromatic carbocycles. The molecule has 0 spiro atoms. The summed E-state index contributed by atoms with van der Waals surface area (Å²) in [5.74, 6) is -2.96. The number of aromatic carboxylic acids is 1. The van der Waals surface area contributed by atoms with Crippen molar-refractivity contribution in [2.24, 2.45) is 0 Å². The number of carbonyl (C=O) groups excluding carboxylic acids is 2. The zero-order chi connectivity index (χ0) is 20.4. The van der Waals surface area contributed by atoms with Crippen LogP contribution in [0.25, 0.3) is 0 Å². The van der Waals surface area contributed by atoms with Crippen LogP contribution in [-0.4, -0.2) is 37.2 Å². The minimum atomic E-state index is -1.45. The molecule has 3 rings (SSSR count). The summed E-state index contributed by atoms with van der Waals surface area (Å²) in [7, 11) is 2.82. The van der Waals surface area contributed by atoms with E-state index in [9.17, 15) is 18.8 Å². The molecule has 0 saturated carbocycles. The fourth-order valence-electron chi connectivity index (χ4n) is 2.97. The Hall–Kier alpha value is -3.62. The lowest BCUT2D eigenvalue weighted by Crippen LogP contribution is -2.16. The van der Waals surface area contributed by atoms with Crippen LogP contribution in [0.3, 0.4) is 0 Å². The maximum atomic E-state index is 13.5. The van der Waals surface area contributed by atoms with Gasteiger partial charge >= 0.3 is 11.9 Å². The number of halogens is 1. The van der Waals surface area contributed by atoms with Crippen molar-refractivity contribution in [3.63, 3.8) is 0 Å². The molecule has 28 heavy (non-hydrogen) atoms. The largest absolute Gasteiger partial charge is 0.493 e. The van der Waals surface area contributed by atoms with Gasteiger partial charge in [0, 0.05) is 11.3 Å². The van der Waals surface area contributed by atoms with E-state index in [-0.39, 0.29) is 23.4 Å². The highest BCUT2D eigenvalue weighted by Crippen LogP contribution is 2.43. The topological polar surface area (TPSA) is 111 Å². The van der Waals surface area contributed by atoms with Crippen LogP contribution in [0.2, 0.25) is 0 Å². The molecule has 1 amide bonds. The number of amides is 1. The Morgan fingerprint density at radius 1 is 1.21 bits per heavy atom. The second kappa shape index (κ2) is 7.55. The van der Waals surface area contributed by atoms with Crippen LogP contribution < -0.4 is 14.8 Å². The summed E-state index contributed by atoms with van der Waals surface area (Å²) in [5, 5.41) is 11.4. The van der Waals surface area contributed by atoms with E-state index in [0.717, 1.165) is 12.1 Å². The summed E-state index contributed by atoms with van der Waals surface area (Å²) in [6.07, 6.45) is -1.06. The Labute approximate surface area is 158 Å². The van der Waals surface area contributed by atoms with Gasteiger partial charge in [0.25, 0.3) is 0 Å². The lowest BCUT2D eigenvalue weighted by atomic mass is 10.0. The van der Waals surface area contributed by atoms with Crippen molar-refractivity contribution < 1.29 is 38.1 Å². The lowest BCUT2D eigenvalue weighted by molar-refractivity contribution is -0.118. The molecule has 1 atom stereocenters. The van der Waals surface area contributed by atoms with Gasteiger partial charge in [-0.3, -0.25) is 4.79 Å². The minimum Gasteiger partial charge on any atom is -0.493 e. The van der Waals surface area contributed by atoms with Gasteiger partial charge in [0.1, 0.15) is 17.5 Å². The quantitative estimate of drug-likeness (QED) is 0.731. The smallest absolute Gasteiger partial charge is 0.343 e. The summed E-state index contributed by atoms with van der Waals surface area (Å²) >= 11 is 0. The Morgan fingerprint density at radius 2 is 1.96 bits per heavy atom. The number of carbonyl (C=O) groups is 3. The van der Waals surface area contributed by atoms with E-state index in [1.54, 1.807) is 12.1 Å². The van der Waals surface area contributed by atoms with Gasteiger partial charge in [-0.05, 0) is 24.3 Å². The molecule has 1 heterocycles. The number of benzene rings is 2. The highest BCUT2D eigenvalue weighted by atomic mass is 19.1. The number of carboxylic acid groups (broad SMARTS) is 1. The van der Waals surface area contributed by atoms with E-state index in [0.29, 0.717) is 11.3 Å². The average Bonchev–Trinajstić information content (AvgIpc) is 2.97. The normalized spacial score (nSPS) is 14.8. The summed E-state index contributed by atoms with van der Waals surface area (Å²) in [6, 6.07) is 6.41. The standard InChI is InChI=1S/C19H16FNO7/c1-26-13-6-4-10-14(28-19(25)16(10)17(13)27-2)8-15(22)21-9-3-5-12(20)11(7-9)18(23)24/h3-7,14H,8H2,1-2H3,(H,21,22)(H,23,24)/t14-/m1/s1. The Kier molecular flexibility index (Phi) is 5.16. The fraction of sp³-hybridized carbons (Fsp3) is 0.211. The summed E-state index contributed by atoms with van der Waals surface area (Å²) < 4.78 is 29.1. The van der Waals surface area contributed by atoms with Crippen molar-refractivity contribution in [1.82, 2.24) is 0 Å². The van der Waals surface area contributed by atoms with Crippen LogP contribution in [0.5, 0.6) is 11.5 Å². The highest BCUT2D eigenvalue weighted by Gasteiger charge is 2.36. The maximum Gasteiger partial charge on any atom is 0.343 e. The number of hydrogen-bond donors (Lipinski definition) is 2. The molecule has 0 unspecified atom stereocenters. The second-order valence-electron chi connectivity index (χ2n) is 5.91. The number of nitrogens with one attached hydrogen (secondary N) is 1. The van der Waals surface area contributed by atoms with Crippen molar-refractivity contribution in [2.45, 2.75) is 12.5 Å². The predicted octanol–water partition coefficient (Wildman–Crippen LogP) is 2.78. The van der Waals surface area contributed by atoms with Gasteiger partial charge in [0.15, 0.2) is 11.5 Å². The van der Waals surface area contributed by atoms with Crippen molar-refractivity contribution in [2.75, 3.05) is 19.5 Å². The fourth-order valence-corrected chi connectivity index (χ4v) is 2.97. The molecule has 0 aliphatic carbocycles. The first kappa shape index (κ1) is 19.2. The molecule has 2 N–H and O–H groups in total. The first-order valence-electron chi connectivity index (χ1n) is 8.14. The van der Waals surface area contributed by atoms with Crippen LogP contribution in [0.4, 0.5) is 10.1 Å². The number of ether oxygens (including phenoxy) is 3. The van der Waals surface area contributed by atoms with Gasteiger partial charge in [0.05, 0.1) is 26.2 Å². The molecule has 0 bridgehead atoms. The first-order chi connectivity index (χ1) is 13.3. The molecule has 0 aromatic heterocycles. The Balaban J connectivity index is 1.79. The third kappa shape index (κ3) is 3.46. The van der Waals surface area contributed by atoms with E-state index in [4.69, 9.17) is 19.3 Å². The number of carboxylic acids is 1. The van der Waals surface area contributed by atoms with Gasteiger partial charge in [-0.1, -0.05) is 6.07 Å². The summed E-state index contributed by atoms with van der Waals surface area (Å²) in [6.45, 7) is 0. The molecule has 1 aliphatic rings. The molecular weight excluding hydrogens is 373 g/mol. The van der Waals surface area contributed by atoms with Crippen molar-refractivity contribution >= 4 is 23.5 Å². The SMILES string of the molecule is COc1ccc2c(c1OC)C(=O)O[C@@H]2CC(=O)Nc1ccc(F)c(C(=O)O)c1. The maximum absolute atomic E-state index is 13.5. The first-order valence-corrected chi connectivity index (χ1v) is 8.14. The third-order valence-electron chi connectivity index (χ3n) is 4.23. The van der Waals surface area contributed by atoms with Gasteiger partial charge in [-0.2, -0.15) is 0 Å². The zero-order valence-corrected chi connectivity index (χ0v) is 14.9. The second-order valence-corrected chi connectivity index (χ2v) is 5.91. The van der Waals surface area contributed by atoms with E-state index in [1.165, 1.54) is 20.3 Å². The Bertz CT molecular complexity index is 973. The molecule has 8 nitrogen and oxygen atoms in total. The number of methoxy groups -OCH3 is 2. The molecule has 146 valence electrons. The molecule has 0 saturated heterocycles. The van der Waals surface area contributed by atoms with Gasteiger partial charge in [0.2, 0.25) is 5.91 Å². The summed E-state index contributed by atoms with van der Waals surface area (Å²) in [4.78, 5) is 35.5.